The molecule has 0 aliphatic carbocycles. The highest BCUT2D eigenvalue weighted by molar-refractivity contribution is 5.91. The van der Waals surface area contributed by atoms with Gasteiger partial charge in [-0.05, 0) is 19.1 Å². The van der Waals surface area contributed by atoms with Crippen molar-refractivity contribution in [3.63, 3.8) is 0 Å². The average Bonchev–Trinajstić information content (AvgIpc) is 2.82. The lowest BCUT2D eigenvalue weighted by Crippen LogP contribution is -2.14. The number of rotatable bonds is 4. The topological polar surface area (TPSA) is 110 Å². The number of hydrogen-bond acceptors (Lipinski definition) is 5. The van der Waals surface area contributed by atoms with E-state index >= 15 is 0 Å². The lowest BCUT2D eigenvalue weighted by Gasteiger charge is -2.12. The lowest BCUT2D eigenvalue weighted by atomic mass is 10.2. The summed E-state index contributed by atoms with van der Waals surface area (Å²) in [6.07, 6.45) is 2.96. The highest BCUT2D eigenvalue weighted by Gasteiger charge is 2.09. The molecule has 0 fully saturated rings. The fourth-order valence-electron chi connectivity index (χ4n) is 1.40. The van der Waals surface area contributed by atoms with E-state index in [-0.39, 0.29) is 11.7 Å². The van der Waals surface area contributed by atoms with Gasteiger partial charge in [-0.2, -0.15) is 5.10 Å². The zero-order chi connectivity index (χ0) is 12.3. The van der Waals surface area contributed by atoms with Gasteiger partial charge in [0.05, 0.1) is 6.04 Å². The summed E-state index contributed by atoms with van der Waals surface area (Å²) in [4.78, 5) is 18.9. The molecule has 0 saturated heterocycles. The molecule has 1 atom stereocenters. The average molecular weight is 232 g/mol. The maximum absolute atomic E-state index is 11.0. The summed E-state index contributed by atoms with van der Waals surface area (Å²) < 4.78 is 0. The molecule has 0 spiro atoms. The minimum Gasteiger partial charge on any atom is -0.375 e. The van der Waals surface area contributed by atoms with Crippen molar-refractivity contribution in [2.75, 3.05) is 5.32 Å². The summed E-state index contributed by atoms with van der Waals surface area (Å²) in [6, 6.07) is 3.29. The zero-order valence-corrected chi connectivity index (χ0v) is 9.21. The van der Waals surface area contributed by atoms with Crippen molar-refractivity contribution in [3.05, 3.63) is 36.2 Å². The van der Waals surface area contributed by atoms with E-state index in [1.807, 2.05) is 6.92 Å². The van der Waals surface area contributed by atoms with Crippen LogP contribution in [0.5, 0.6) is 0 Å². The van der Waals surface area contributed by atoms with E-state index in [0.717, 1.165) is 5.69 Å². The van der Waals surface area contributed by atoms with Gasteiger partial charge in [0.15, 0.2) is 0 Å². The van der Waals surface area contributed by atoms with Crippen molar-refractivity contribution in [2.45, 2.75) is 13.0 Å². The van der Waals surface area contributed by atoms with Crippen molar-refractivity contribution in [3.8, 4) is 0 Å². The molecule has 0 bridgehead atoms. The number of primary amides is 1. The molecule has 0 aliphatic rings. The van der Waals surface area contributed by atoms with Crippen molar-refractivity contribution < 1.29 is 4.79 Å². The second-order valence-electron chi connectivity index (χ2n) is 3.53. The molecule has 0 aliphatic heterocycles. The summed E-state index contributed by atoms with van der Waals surface area (Å²) in [6.45, 7) is 1.92. The highest BCUT2D eigenvalue weighted by Crippen LogP contribution is 2.15. The van der Waals surface area contributed by atoms with Gasteiger partial charge in [0.2, 0.25) is 0 Å². The summed E-state index contributed by atoms with van der Waals surface area (Å²) in [5, 5.41) is 9.69. The molecule has 1 amide bonds. The minimum absolute atomic E-state index is 0.0550. The van der Waals surface area contributed by atoms with E-state index in [4.69, 9.17) is 5.73 Å². The van der Waals surface area contributed by atoms with Gasteiger partial charge in [0.25, 0.3) is 5.91 Å². The monoisotopic (exact) mass is 232 g/mol. The number of nitrogens with zero attached hydrogens (tertiary/aromatic N) is 3. The largest absolute Gasteiger partial charge is 0.375 e. The van der Waals surface area contributed by atoms with Crippen LogP contribution in [0.3, 0.4) is 0 Å². The number of nitrogens with two attached hydrogens (primary N) is 1. The number of amides is 1. The summed E-state index contributed by atoms with van der Waals surface area (Å²) in [7, 11) is 0. The number of H-pyrrole nitrogens is 1. The number of hydrogen-bond donors (Lipinski definition) is 3. The maximum Gasteiger partial charge on any atom is 0.267 e. The number of aromatic nitrogens is 4. The van der Waals surface area contributed by atoms with Crippen LogP contribution in [0, 0.1) is 0 Å². The summed E-state index contributed by atoms with van der Waals surface area (Å²) in [5.74, 6) is 0.156. The highest BCUT2D eigenvalue weighted by atomic mass is 16.1. The number of carbonyl (C=O) groups is 1. The van der Waals surface area contributed by atoms with Gasteiger partial charge in [-0.15, -0.1) is 0 Å². The number of anilines is 1. The van der Waals surface area contributed by atoms with Crippen LogP contribution < -0.4 is 11.1 Å². The molecular weight excluding hydrogens is 220 g/mol. The Morgan fingerprint density at radius 1 is 1.53 bits per heavy atom. The van der Waals surface area contributed by atoms with E-state index in [2.05, 4.69) is 25.5 Å². The Bertz CT molecular complexity index is 509. The van der Waals surface area contributed by atoms with Crippen molar-refractivity contribution in [2.24, 2.45) is 5.73 Å². The van der Waals surface area contributed by atoms with Gasteiger partial charge in [-0.1, -0.05) is 0 Å². The Morgan fingerprint density at radius 2 is 2.35 bits per heavy atom. The Labute approximate surface area is 97.5 Å². The molecule has 2 aromatic rings. The first-order chi connectivity index (χ1) is 8.16. The first-order valence-corrected chi connectivity index (χ1v) is 5.04. The molecule has 2 aromatic heterocycles. The second kappa shape index (κ2) is 4.60. The molecule has 0 saturated carbocycles. The third kappa shape index (κ3) is 2.57. The Morgan fingerprint density at radius 3 is 3.00 bits per heavy atom. The van der Waals surface area contributed by atoms with Gasteiger partial charge >= 0.3 is 0 Å². The molecule has 4 N–H and O–H groups in total. The van der Waals surface area contributed by atoms with Crippen LogP contribution >= 0.6 is 0 Å². The molecule has 2 heterocycles. The number of nitrogens with one attached hydrogen (secondary N) is 2. The fourth-order valence-corrected chi connectivity index (χ4v) is 1.40. The Kier molecular flexibility index (Phi) is 2.99. The molecule has 1 unspecified atom stereocenters. The fraction of sp³-hybridized carbons (Fsp3) is 0.200. The van der Waals surface area contributed by atoms with Crippen LogP contribution in [0.1, 0.15) is 29.3 Å². The van der Waals surface area contributed by atoms with Gasteiger partial charge in [0.1, 0.15) is 17.8 Å². The Hall–Kier alpha value is -2.44. The molecule has 17 heavy (non-hydrogen) atoms. The van der Waals surface area contributed by atoms with Crippen molar-refractivity contribution in [1.82, 2.24) is 20.2 Å². The van der Waals surface area contributed by atoms with Crippen LogP contribution in [0.2, 0.25) is 0 Å². The van der Waals surface area contributed by atoms with Crippen LogP contribution in [0.25, 0.3) is 0 Å². The first kappa shape index (κ1) is 11.1. The quantitative estimate of drug-likeness (QED) is 0.709. The summed E-state index contributed by atoms with van der Waals surface area (Å²) in [5.41, 5.74) is 6.12. The second-order valence-corrected chi connectivity index (χ2v) is 3.53. The van der Waals surface area contributed by atoms with E-state index in [1.165, 1.54) is 12.5 Å². The van der Waals surface area contributed by atoms with E-state index in [9.17, 15) is 4.79 Å². The van der Waals surface area contributed by atoms with Crippen LogP contribution in [-0.2, 0) is 0 Å². The standard InChI is InChI=1S/C10H12N6O/c1-6(10-13-5-14-16-10)15-7-2-3-12-8(4-7)9(11)17/h2-6H,1H3,(H2,11,17)(H,12,15)(H,13,14,16). The molecule has 0 radical (unpaired) electrons. The van der Waals surface area contributed by atoms with Crippen LogP contribution in [-0.4, -0.2) is 26.1 Å². The van der Waals surface area contributed by atoms with Gasteiger partial charge in [0, 0.05) is 11.9 Å². The van der Waals surface area contributed by atoms with Crippen molar-refractivity contribution >= 4 is 11.6 Å². The molecule has 0 aromatic carbocycles. The number of aromatic amines is 1. The third-order valence-electron chi connectivity index (χ3n) is 2.24. The van der Waals surface area contributed by atoms with Crippen LogP contribution in [0.4, 0.5) is 5.69 Å². The van der Waals surface area contributed by atoms with E-state index in [0.29, 0.717) is 5.82 Å². The van der Waals surface area contributed by atoms with Gasteiger partial charge in [-0.3, -0.25) is 14.9 Å². The summed E-state index contributed by atoms with van der Waals surface area (Å²) >= 11 is 0. The molecular formula is C10H12N6O. The van der Waals surface area contributed by atoms with Crippen LogP contribution in [0.15, 0.2) is 24.7 Å². The molecule has 2 rings (SSSR count). The number of carbonyl (C=O) groups excluding carboxylic acids is 1. The normalized spacial score (nSPS) is 12.1. The molecule has 7 heteroatoms. The van der Waals surface area contributed by atoms with E-state index < -0.39 is 5.91 Å². The molecule has 88 valence electrons. The third-order valence-corrected chi connectivity index (χ3v) is 2.24. The SMILES string of the molecule is CC(Nc1ccnc(C(N)=O)c1)c1ncn[nH]1. The maximum atomic E-state index is 11.0. The van der Waals surface area contributed by atoms with Crippen molar-refractivity contribution in [1.29, 1.82) is 0 Å². The van der Waals surface area contributed by atoms with E-state index in [1.54, 1.807) is 12.1 Å². The minimum atomic E-state index is -0.555. The zero-order valence-electron chi connectivity index (χ0n) is 9.21. The lowest BCUT2D eigenvalue weighted by molar-refractivity contribution is 0.0995. The van der Waals surface area contributed by atoms with Gasteiger partial charge in [-0.25, -0.2) is 4.98 Å². The molecule has 7 nitrogen and oxygen atoms in total. The predicted octanol–water partition coefficient (Wildman–Crippen LogP) is 0.472. The number of pyridine rings is 1. The Balaban J connectivity index is 2.13. The first-order valence-electron chi connectivity index (χ1n) is 5.04. The predicted molar refractivity (Wildman–Crippen MR) is 61.2 cm³/mol. The smallest absolute Gasteiger partial charge is 0.267 e. The van der Waals surface area contributed by atoms with Gasteiger partial charge < -0.3 is 11.1 Å².